The first-order chi connectivity index (χ1) is 6.84. The monoisotopic (exact) mass is 200 g/mol. The standard InChI is InChI=1S/C10H20N2O2/c1-2-14-8-4-7-11-9-5-3-6-12-10(9)13/h9,11H,2-8H2,1H3,(H,12,13). The third kappa shape index (κ3) is 4.07. The molecule has 0 radical (unpaired) electrons. The lowest BCUT2D eigenvalue weighted by Gasteiger charge is -2.22. The molecule has 1 amide bonds. The number of piperidine rings is 1. The number of ether oxygens (including phenoxy) is 1. The van der Waals surface area contributed by atoms with Crippen molar-refractivity contribution in [2.24, 2.45) is 0 Å². The molecule has 0 aromatic carbocycles. The second kappa shape index (κ2) is 6.79. The van der Waals surface area contributed by atoms with Crippen molar-refractivity contribution >= 4 is 5.91 Å². The third-order valence-electron chi connectivity index (χ3n) is 2.35. The Kier molecular flexibility index (Phi) is 5.56. The molecule has 4 heteroatoms. The summed E-state index contributed by atoms with van der Waals surface area (Å²) >= 11 is 0. The summed E-state index contributed by atoms with van der Waals surface area (Å²) in [5.41, 5.74) is 0. The van der Waals surface area contributed by atoms with Crippen LogP contribution in [-0.2, 0) is 9.53 Å². The molecule has 1 aliphatic heterocycles. The fraction of sp³-hybridized carbons (Fsp3) is 0.900. The number of rotatable bonds is 6. The molecule has 1 saturated heterocycles. The maximum atomic E-state index is 11.3. The summed E-state index contributed by atoms with van der Waals surface area (Å²) in [7, 11) is 0. The van der Waals surface area contributed by atoms with Crippen LogP contribution in [-0.4, -0.2) is 38.3 Å². The largest absolute Gasteiger partial charge is 0.382 e. The highest BCUT2D eigenvalue weighted by Crippen LogP contribution is 2.02. The highest BCUT2D eigenvalue weighted by molar-refractivity contribution is 5.82. The predicted molar refractivity (Wildman–Crippen MR) is 55.1 cm³/mol. The van der Waals surface area contributed by atoms with Gasteiger partial charge in [0.2, 0.25) is 5.91 Å². The molecule has 82 valence electrons. The lowest BCUT2D eigenvalue weighted by atomic mass is 10.1. The first kappa shape index (κ1) is 11.5. The Morgan fingerprint density at radius 1 is 1.64 bits per heavy atom. The zero-order chi connectivity index (χ0) is 10.2. The average molecular weight is 200 g/mol. The Hall–Kier alpha value is -0.610. The van der Waals surface area contributed by atoms with Gasteiger partial charge in [-0.3, -0.25) is 4.79 Å². The Balaban J connectivity index is 2.02. The minimum atomic E-state index is 0.0189. The van der Waals surface area contributed by atoms with Gasteiger partial charge in [-0.25, -0.2) is 0 Å². The van der Waals surface area contributed by atoms with Crippen LogP contribution in [0.4, 0.5) is 0 Å². The van der Waals surface area contributed by atoms with Gasteiger partial charge >= 0.3 is 0 Å². The second-order valence-corrected chi connectivity index (χ2v) is 3.49. The van der Waals surface area contributed by atoms with Crippen LogP contribution in [0.1, 0.15) is 26.2 Å². The molecular formula is C10H20N2O2. The van der Waals surface area contributed by atoms with E-state index in [4.69, 9.17) is 4.74 Å². The van der Waals surface area contributed by atoms with Gasteiger partial charge in [-0.05, 0) is 32.7 Å². The number of carbonyl (C=O) groups is 1. The minimum Gasteiger partial charge on any atom is -0.382 e. The van der Waals surface area contributed by atoms with E-state index in [-0.39, 0.29) is 11.9 Å². The number of carbonyl (C=O) groups excluding carboxylic acids is 1. The quantitative estimate of drug-likeness (QED) is 0.606. The van der Waals surface area contributed by atoms with Crippen molar-refractivity contribution in [3.63, 3.8) is 0 Å². The smallest absolute Gasteiger partial charge is 0.237 e. The van der Waals surface area contributed by atoms with Crippen LogP contribution < -0.4 is 10.6 Å². The second-order valence-electron chi connectivity index (χ2n) is 3.49. The lowest BCUT2D eigenvalue weighted by Crippen LogP contribution is -2.48. The molecule has 0 aromatic heterocycles. The van der Waals surface area contributed by atoms with Crippen LogP contribution in [0.25, 0.3) is 0 Å². The van der Waals surface area contributed by atoms with E-state index in [0.717, 1.165) is 45.6 Å². The Morgan fingerprint density at radius 3 is 3.21 bits per heavy atom. The van der Waals surface area contributed by atoms with Crippen LogP contribution in [0.2, 0.25) is 0 Å². The summed E-state index contributed by atoms with van der Waals surface area (Å²) in [6, 6.07) is 0.0189. The van der Waals surface area contributed by atoms with E-state index in [0.29, 0.717) is 0 Å². The molecule has 0 spiro atoms. The van der Waals surface area contributed by atoms with Gasteiger partial charge in [0.15, 0.2) is 0 Å². The molecule has 2 N–H and O–H groups in total. The van der Waals surface area contributed by atoms with E-state index in [1.54, 1.807) is 0 Å². The first-order valence-corrected chi connectivity index (χ1v) is 5.43. The summed E-state index contributed by atoms with van der Waals surface area (Å²) in [5.74, 6) is 0.146. The number of hydrogen-bond donors (Lipinski definition) is 2. The molecule has 1 atom stereocenters. The maximum absolute atomic E-state index is 11.3. The zero-order valence-corrected chi connectivity index (χ0v) is 8.84. The minimum absolute atomic E-state index is 0.0189. The Labute approximate surface area is 85.4 Å². The summed E-state index contributed by atoms with van der Waals surface area (Å²) in [5, 5.41) is 6.09. The highest BCUT2D eigenvalue weighted by Gasteiger charge is 2.20. The van der Waals surface area contributed by atoms with E-state index in [1.165, 1.54) is 0 Å². The van der Waals surface area contributed by atoms with Crippen LogP contribution >= 0.6 is 0 Å². The molecule has 14 heavy (non-hydrogen) atoms. The van der Waals surface area contributed by atoms with Crippen molar-refractivity contribution in [1.82, 2.24) is 10.6 Å². The molecule has 0 aliphatic carbocycles. The normalized spacial score (nSPS) is 22.1. The van der Waals surface area contributed by atoms with Crippen molar-refractivity contribution in [3.8, 4) is 0 Å². The van der Waals surface area contributed by atoms with Crippen molar-refractivity contribution in [1.29, 1.82) is 0 Å². The summed E-state index contributed by atoms with van der Waals surface area (Å²) in [6.07, 6.45) is 3.01. The van der Waals surface area contributed by atoms with Crippen molar-refractivity contribution in [3.05, 3.63) is 0 Å². The first-order valence-electron chi connectivity index (χ1n) is 5.43. The molecule has 4 nitrogen and oxygen atoms in total. The topological polar surface area (TPSA) is 50.4 Å². The molecule has 1 fully saturated rings. The van der Waals surface area contributed by atoms with E-state index < -0.39 is 0 Å². The highest BCUT2D eigenvalue weighted by atomic mass is 16.5. The van der Waals surface area contributed by atoms with E-state index >= 15 is 0 Å². The van der Waals surface area contributed by atoms with Gasteiger partial charge in [0.05, 0.1) is 6.04 Å². The van der Waals surface area contributed by atoms with Gasteiger partial charge in [0.25, 0.3) is 0 Å². The van der Waals surface area contributed by atoms with Gasteiger partial charge < -0.3 is 15.4 Å². The van der Waals surface area contributed by atoms with E-state index in [1.807, 2.05) is 6.92 Å². The molecule has 1 heterocycles. The number of amides is 1. The van der Waals surface area contributed by atoms with Gasteiger partial charge in [0, 0.05) is 19.8 Å². The SMILES string of the molecule is CCOCCCNC1CCCNC1=O. The summed E-state index contributed by atoms with van der Waals surface area (Å²) in [4.78, 5) is 11.3. The molecule has 1 unspecified atom stereocenters. The van der Waals surface area contributed by atoms with Crippen LogP contribution in [0, 0.1) is 0 Å². The molecule has 1 aliphatic rings. The van der Waals surface area contributed by atoms with Crippen LogP contribution in [0.5, 0.6) is 0 Å². The van der Waals surface area contributed by atoms with E-state index in [2.05, 4.69) is 10.6 Å². The number of nitrogens with one attached hydrogen (secondary N) is 2. The van der Waals surface area contributed by atoms with Crippen LogP contribution in [0.15, 0.2) is 0 Å². The van der Waals surface area contributed by atoms with Crippen molar-refractivity contribution < 1.29 is 9.53 Å². The molecular weight excluding hydrogens is 180 g/mol. The molecule has 1 rings (SSSR count). The third-order valence-corrected chi connectivity index (χ3v) is 2.35. The predicted octanol–water partition coefficient (Wildman–Crippen LogP) is 0.281. The molecule has 0 saturated carbocycles. The molecule has 0 aromatic rings. The number of hydrogen-bond acceptors (Lipinski definition) is 3. The maximum Gasteiger partial charge on any atom is 0.237 e. The van der Waals surface area contributed by atoms with E-state index in [9.17, 15) is 4.79 Å². The fourth-order valence-electron chi connectivity index (χ4n) is 1.56. The summed E-state index contributed by atoms with van der Waals surface area (Å²) < 4.78 is 5.21. The molecule has 0 bridgehead atoms. The Bertz CT molecular complexity index is 174. The van der Waals surface area contributed by atoms with Gasteiger partial charge in [-0.15, -0.1) is 0 Å². The zero-order valence-electron chi connectivity index (χ0n) is 8.84. The fourth-order valence-corrected chi connectivity index (χ4v) is 1.56. The van der Waals surface area contributed by atoms with Crippen LogP contribution in [0.3, 0.4) is 0 Å². The Morgan fingerprint density at radius 2 is 2.50 bits per heavy atom. The average Bonchev–Trinajstić information content (AvgIpc) is 2.20. The van der Waals surface area contributed by atoms with Crippen molar-refractivity contribution in [2.75, 3.05) is 26.3 Å². The van der Waals surface area contributed by atoms with Gasteiger partial charge in [-0.2, -0.15) is 0 Å². The van der Waals surface area contributed by atoms with Gasteiger partial charge in [-0.1, -0.05) is 0 Å². The van der Waals surface area contributed by atoms with Gasteiger partial charge in [0.1, 0.15) is 0 Å². The van der Waals surface area contributed by atoms with Crippen molar-refractivity contribution in [2.45, 2.75) is 32.2 Å². The lowest BCUT2D eigenvalue weighted by molar-refractivity contribution is -0.124. The summed E-state index contributed by atoms with van der Waals surface area (Å²) in [6.45, 7) is 5.22.